The van der Waals surface area contributed by atoms with E-state index in [1.54, 1.807) is 6.20 Å². The molecule has 5 rings (SSSR count). The third-order valence-electron chi connectivity index (χ3n) is 5.98. The molecule has 7 nitrogen and oxygen atoms in total. The zero-order valence-corrected chi connectivity index (χ0v) is 19.4. The van der Waals surface area contributed by atoms with Crippen molar-refractivity contribution in [2.24, 2.45) is 5.73 Å². The van der Waals surface area contributed by atoms with E-state index in [9.17, 15) is 4.79 Å². The van der Waals surface area contributed by atoms with Crippen molar-refractivity contribution < 1.29 is 4.79 Å². The average Bonchev–Trinajstić information content (AvgIpc) is 3.16. The number of nitrogens with two attached hydrogens (primary N) is 1. The zero-order valence-electron chi connectivity index (χ0n) is 17.9. The van der Waals surface area contributed by atoms with Crippen molar-refractivity contribution in [3.63, 3.8) is 0 Å². The summed E-state index contributed by atoms with van der Waals surface area (Å²) in [4.78, 5) is 18.7. The first-order chi connectivity index (χ1) is 15.9. The molecule has 0 saturated carbocycles. The van der Waals surface area contributed by atoms with Crippen LogP contribution in [0.1, 0.15) is 6.92 Å². The first kappa shape index (κ1) is 21.7. The summed E-state index contributed by atoms with van der Waals surface area (Å²) in [6, 6.07) is 17.1. The minimum Gasteiger partial charge on any atom is -0.368 e. The zero-order chi connectivity index (χ0) is 23.2. The molecule has 0 radical (unpaired) electrons. The minimum atomic E-state index is -0.761. The second kappa shape index (κ2) is 8.33. The molecule has 1 aliphatic rings. The summed E-state index contributed by atoms with van der Waals surface area (Å²) >= 11 is 12.7. The van der Waals surface area contributed by atoms with Crippen LogP contribution in [0.4, 0.5) is 5.82 Å². The Morgan fingerprint density at radius 1 is 1.12 bits per heavy atom. The van der Waals surface area contributed by atoms with Gasteiger partial charge in [0.1, 0.15) is 11.1 Å². The van der Waals surface area contributed by atoms with Crippen molar-refractivity contribution in [3.8, 4) is 16.9 Å². The van der Waals surface area contributed by atoms with Gasteiger partial charge in [0.05, 0.1) is 16.4 Å². The monoisotopic (exact) mass is 480 g/mol. The van der Waals surface area contributed by atoms with Crippen LogP contribution in [0.2, 0.25) is 10.0 Å². The molecule has 2 aromatic heterocycles. The molecule has 1 fully saturated rings. The molecule has 1 saturated heterocycles. The molecule has 3 N–H and O–H groups in total. The Labute approximate surface area is 201 Å². The van der Waals surface area contributed by atoms with Gasteiger partial charge in [-0.15, -0.1) is 0 Å². The molecule has 1 aliphatic heterocycles. The molecule has 4 aromatic rings. The summed E-state index contributed by atoms with van der Waals surface area (Å²) in [5.74, 6) is 0.333. The molecule has 0 bridgehead atoms. The Bertz CT molecular complexity index is 1350. The summed E-state index contributed by atoms with van der Waals surface area (Å²) in [5, 5.41) is 10.3. The Kier molecular flexibility index (Phi) is 5.48. The van der Waals surface area contributed by atoms with E-state index in [0.29, 0.717) is 35.5 Å². The second-order valence-electron chi connectivity index (χ2n) is 8.08. The van der Waals surface area contributed by atoms with Crippen molar-refractivity contribution in [2.75, 3.05) is 24.5 Å². The predicted octanol–water partition coefficient (Wildman–Crippen LogP) is 4.05. The number of amides is 1. The maximum atomic E-state index is 12.1. The van der Waals surface area contributed by atoms with Crippen LogP contribution in [-0.2, 0) is 4.79 Å². The van der Waals surface area contributed by atoms with Crippen LogP contribution in [0.15, 0.2) is 60.8 Å². The van der Waals surface area contributed by atoms with Gasteiger partial charge in [0.2, 0.25) is 5.91 Å². The number of benzene rings is 2. The Hall–Kier alpha value is -3.13. The lowest BCUT2D eigenvalue weighted by Gasteiger charge is -2.48. The minimum absolute atomic E-state index is 0.365. The van der Waals surface area contributed by atoms with E-state index < -0.39 is 5.54 Å². The van der Waals surface area contributed by atoms with Gasteiger partial charge in [-0.05, 0) is 36.9 Å². The van der Waals surface area contributed by atoms with E-state index in [1.165, 1.54) is 0 Å². The van der Waals surface area contributed by atoms with Gasteiger partial charge >= 0.3 is 0 Å². The number of hydrogen-bond donors (Lipinski definition) is 2. The van der Waals surface area contributed by atoms with Crippen LogP contribution in [0, 0.1) is 0 Å². The van der Waals surface area contributed by atoms with E-state index in [0.717, 1.165) is 27.8 Å². The third kappa shape index (κ3) is 3.62. The Morgan fingerprint density at radius 3 is 2.52 bits per heavy atom. The largest absolute Gasteiger partial charge is 0.368 e. The quantitative estimate of drug-likeness (QED) is 0.434. The third-order valence-corrected chi connectivity index (χ3v) is 6.55. The Balaban J connectivity index is 1.68. The topological polar surface area (TPSA) is 89.1 Å². The number of pyridine rings is 1. The number of anilines is 1. The van der Waals surface area contributed by atoms with Gasteiger partial charge in [-0.2, -0.15) is 5.10 Å². The lowest BCUT2D eigenvalue weighted by molar-refractivity contribution is -0.125. The fourth-order valence-corrected chi connectivity index (χ4v) is 4.70. The maximum Gasteiger partial charge on any atom is 0.241 e. The highest BCUT2D eigenvalue weighted by atomic mass is 35.5. The number of hydrogen-bond acceptors (Lipinski definition) is 5. The number of carbonyl (C=O) groups excluding carboxylic acids is 1. The molecule has 0 aliphatic carbocycles. The molecule has 1 amide bonds. The summed E-state index contributed by atoms with van der Waals surface area (Å²) in [6.45, 7) is 3.46. The number of nitrogens with one attached hydrogen (secondary N) is 1. The fourth-order valence-electron chi connectivity index (χ4n) is 4.36. The van der Waals surface area contributed by atoms with Gasteiger partial charge in [-0.3, -0.25) is 4.79 Å². The highest BCUT2D eigenvalue weighted by Gasteiger charge is 2.48. The van der Waals surface area contributed by atoms with Gasteiger partial charge < -0.3 is 16.0 Å². The van der Waals surface area contributed by atoms with Crippen LogP contribution < -0.4 is 16.0 Å². The highest BCUT2D eigenvalue weighted by molar-refractivity contribution is 6.32. The number of likely N-dealkylation sites (N-methyl/N-ethyl adjacent to an activating group) is 1. The van der Waals surface area contributed by atoms with E-state index in [4.69, 9.17) is 34.0 Å². The number of rotatable bonds is 6. The molecular weight excluding hydrogens is 459 g/mol. The van der Waals surface area contributed by atoms with Crippen molar-refractivity contribution in [1.29, 1.82) is 0 Å². The van der Waals surface area contributed by atoms with E-state index in [2.05, 4.69) is 10.3 Å². The summed E-state index contributed by atoms with van der Waals surface area (Å²) < 4.78 is 1.84. The van der Waals surface area contributed by atoms with E-state index in [-0.39, 0.29) is 5.91 Å². The highest BCUT2D eigenvalue weighted by Crippen LogP contribution is 2.38. The summed E-state index contributed by atoms with van der Waals surface area (Å²) in [5.41, 5.74) is 8.23. The standard InChI is InChI=1S/C24H22Cl2N6O/c1-2-29-24(23(27)33)13-31(14-24)22-20-17(11-12-28-22)21(15-7-9-16(25)10-8-15)32(30-20)19-6-4-3-5-18(19)26/h3-12,29H,2,13-14H2,1H3,(H2,27,33). The number of para-hydroxylation sites is 1. The number of fused-ring (bicyclic) bond motifs is 1. The number of halogens is 2. The SMILES string of the molecule is CCNC1(C(N)=O)CN(c2nccc3c(-c4ccc(Cl)cc4)n(-c4ccccc4Cl)nc23)C1. The van der Waals surface area contributed by atoms with Crippen LogP contribution >= 0.6 is 23.2 Å². The maximum absolute atomic E-state index is 12.1. The van der Waals surface area contributed by atoms with E-state index in [1.807, 2.05) is 71.1 Å². The lowest BCUT2D eigenvalue weighted by Crippen LogP contribution is -2.75. The van der Waals surface area contributed by atoms with Gasteiger partial charge in [-0.1, -0.05) is 54.4 Å². The van der Waals surface area contributed by atoms with Gasteiger partial charge in [0, 0.05) is 35.3 Å². The number of nitrogens with zero attached hydrogens (tertiary/aromatic N) is 4. The number of primary amides is 1. The van der Waals surface area contributed by atoms with Gasteiger partial charge in [0.15, 0.2) is 5.82 Å². The van der Waals surface area contributed by atoms with Crippen molar-refractivity contribution in [2.45, 2.75) is 12.5 Å². The normalized spacial score (nSPS) is 14.9. The molecule has 0 spiro atoms. The molecule has 168 valence electrons. The molecule has 0 unspecified atom stereocenters. The van der Waals surface area contributed by atoms with Crippen LogP contribution in [-0.4, -0.2) is 45.8 Å². The number of carbonyl (C=O) groups is 1. The second-order valence-corrected chi connectivity index (χ2v) is 8.93. The number of aromatic nitrogens is 3. The molecular formula is C24H22Cl2N6O. The molecule has 3 heterocycles. The van der Waals surface area contributed by atoms with Crippen molar-refractivity contribution in [3.05, 3.63) is 70.8 Å². The fraction of sp³-hybridized carbons (Fsp3) is 0.208. The predicted molar refractivity (Wildman–Crippen MR) is 132 cm³/mol. The van der Waals surface area contributed by atoms with Crippen molar-refractivity contribution in [1.82, 2.24) is 20.1 Å². The Morgan fingerprint density at radius 2 is 1.85 bits per heavy atom. The van der Waals surface area contributed by atoms with Crippen LogP contribution in [0.3, 0.4) is 0 Å². The van der Waals surface area contributed by atoms with E-state index >= 15 is 0 Å². The molecule has 2 aromatic carbocycles. The summed E-state index contributed by atoms with van der Waals surface area (Å²) in [6.07, 6.45) is 1.76. The molecule has 9 heteroatoms. The van der Waals surface area contributed by atoms with Crippen molar-refractivity contribution >= 4 is 45.8 Å². The van der Waals surface area contributed by atoms with Crippen LogP contribution in [0.5, 0.6) is 0 Å². The first-order valence-corrected chi connectivity index (χ1v) is 11.4. The average molecular weight is 481 g/mol. The van der Waals surface area contributed by atoms with Crippen LogP contribution in [0.25, 0.3) is 27.8 Å². The van der Waals surface area contributed by atoms with Gasteiger partial charge in [-0.25, -0.2) is 9.67 Å². The first-order valence-electron chi connectivity index (χ1n) is 10.6. The van der Waals surface area contributed by atoms with Gasteiger partial charge in [0.25, 0.3) is 0 Å². The lowest BCUT2D eigenvalue weighted by atomic mass is 9.88. The summed E-state index contributed by atoms with van der Waals surface area (Å²) in [7, 11) is 0. The molecule has 0 atom stereocenters. The molecule has 33 heavy (non-hydrogen) atoms. The smallest absolute Gasteiger partial charge is 0.241 e.